The number of halogens is 2. The molecule has 1 aliphatic rings. The van der Waals surface area contributed by atoms with Crippen LogP contribution in [-0.4, -0.2) is 37.2 Å². The molecule has 2 rings (SSSR count). The summed E-state index contributed by atoms with van der Waals surface area (Å²) in [5, 5.41) is 9.23. The molecule has 8 heteroatoms. The molecule has 0 spiro atoms. The number of carbonyl (C=O) groups is 1. The monoisotopic (exact) mass is 361 g/mol. The summed E-state index contributed by atoms with van der Waals surface area (Å²) in [7, 11) is -4.13. The Hall–Kier alpha value is -1.54. The van der Waals surface area contributed by atoms with E-state index in [4.69, 9.17) is 0 Å². The van der Waals surface area contributed by atoms with Gasteiger partial charge in [0.05, 0.1) is 5.75 Å². The molecule has 0 radical (unpaired) electrons. The molecule has 134 valence electrons. The normalized spacial score (nSPS) is 22.0. The molecule has 1 saturated carbocycles. The van der Waals surface area contributed by atoms with Gasteiger partial charge < -0.3 is 5.11 Å². The van der Waals surface area contributed by atoms with Crippen molar-refractivity contribution < 1.29 is 27.1 Å². The largest absolute Gasteiger partial charge is 0.480 e. The third-order valence-electron chi connectivity index (χ3n) is 4.23. The third kappa shape index (κ3) is 5.24. The third-order valence-corrected chi connectivity index (χ3v) is 5.72. The summed E-state index contributed by atoms with van der Waals surface area (Å²) in [6, 6.07) is 7.17. The quantitative estimate of drug-likeness (QED) is 0.781. The van der Waals surface area contributed by atoms with Crippen molar-refractivity contribution in [1.29, 1.82) is 0 Å². The standard InChI is InChI=1S/C16H21F2NO4S/c17-16(18)9-5-4-8-13(16)11-24(22,23)19-14(15(20)21)10-12-6-2-1-3-7-12/h1-3,6-7,13-14,19H,4-5,8-11H2,(H,20,21)/t13?,14-/m0/s1. The summed E-state index contributed by atoms with van der Waals surface area (Å²) < 4.78 is 54.1. The Bertz CT molecular complexity index is 664. The van der Waals surface area contributed by atoms with Crippen LogP contribution in [0.2, 0.25) is 0 Å². The first-order valence-electron chi connectivity index (χ1n) is 7.84. The lowest BCUT2D eigenvalue weighted by atomic mass is 9.87. The van der Waals surface area contributed by atoms with E-state index in [-0.39, 0.29) is 19.3 Å². The number of rotatable bonds is 7. The fourth-order valence-electron chi connectivity index (χ4n) is 2.93. The summed E-state index contributed by atoms with van der Waals surface area (Å²) in [5.74, 6) is -6.38. The Morgan fingerprint density at radius 3 is 2.54 bits per heavy atom. The van der Waals surface area contributed by atoms with E-state index in [0.29, 0.717) is 18.4 Å². The second-order valence-corrected chi connectivity index (χ2v) is 7.98. The summed E-state index contributed by atoms with van der Waals surface area (Å²) in [4.78, 5) is 11.3. The second kappa shape index (κ2) is 7.57. The number of hydrogen-bond donors (Lipinski definition) is 2. The average Bonchev–Trinajstić information content (AvgIpc) is 2.49. The van der Waals surface area contributed by atoms with Gasteiger partial charge in [-0.3, -0.25) is 4.79 Å². The molecule has 1 aromatic rings. The number of aliphatic carboxylic acids is 1. The van der Waals surface area contributed by atoms with Crippen LogP contribution in [0.5, 0.6) is 0 Å². The lowest BCUT2D eigenvalue weighted by Crippen LogP contribution is -2.46. The van der Waals surface area contributed by atoms with Crippen LogP contribution in [0, 0.1) is 5.92 Å². The van der Waals surface area contributed by atoms with Crippen molar-refractivity contribution >= 4 is 16.0 Å². The van der Waals surface area contributed by atoms with Crippen LogP contribution in [0.25, 0.3) is 0 Å². The highest BCUT2D eigenvalue weighted by Crippen LogP contribution is 2.38. The van der Waals surface area contributed by atoms with Crippen LogP contribution in [0.3, 0.4) is 0 Å². The number of hydrogen-bond acceptors (Lipinski definition) is 3. The Labute approximate surface area is 140 Å². The fraction of sp³-hybridized carbons (Fsp3) is 0.562. The van der Waals surface area contributed by atoms with Crippen molar-refractivity contribution in [2.45, 2.75) is 44.1 Å². The minimum atomic E-state index is -4.13. The number of sulfonamides is 1. The van der Waals surface area contributed by atoms with E-state index >= 15 is 0 Å². The minimum absolute atomic E-state index is 0.0452. The zero-order valence-electron chi connectivity index (χ0n) is 13.1. The summed E-state index contributed by atoms with van der Waals surface area (Å²) in [5.41, 5.74) is 0.649. The van der Waals surface area contributed by atoms with Gasteiger partial charge in [-0.2, -0.15) is 0 Å². The van der Waals surface area contributed by atoms with E-state index < -0.39 is 39.6 Å². The topological polar surface area (TPSA) is 83.5 Å². The molecular weight excluding hydrogens is 340 g/mol. The molecule has 0 aliphatic heterocycles. The fourth-order valence-corrected chi connectivity index (χ4v) is 4.58. The minimum Gasteiger partial charge on any atom is -0.480 e. The second-order valence-electron chi connectivity index (χ2n) is 6.18. The van der Waals surface area contributed by atoms with Crippen molar-refractivity contribution in [2.75, 3.05) is 5.75 Å². The zero-order chi connectivity index (χ0) is 17.8. The van der Waals surface area contributed by atoms with Gasteiger partial charge in [-0.15, -0.1) is 0 Å². The maximum Gasteiger partial charge on any atom is 0.322 e. The van der Waals surface area contributed by atoms with Gasteiger partial charge >= 0.3 is 5.97 Å². The Balaban J connectivity index is 2.06. The van der Waals surface area contributed by atoms with Crippen molar-refractivity contribution in [3.63, 3.8) is 0 Å². The zero-order valence-corrected chi connectivity index (χ0v) is 13.9. The van der Waals surface area contributed by atoms with Gasteiger partial charge in [0, 0.05) is 12.3 Å². The van der Waals surface area contributed by atoms with E-state index in [1.54, 1.807) is 30.3 Å². The van der Waals surface area contributed by atoms with Gasteiger partial charge in [0.2, 0.25) is 10.0 Å². The van der Waals surface area contributed by atoms with Crippen molar-refractivity contribution in [3.8, 4) is 0 Å². The SMILES string of the molecule is O=C(O)[C@H](Cc1ccccc1)NS(=O)(=O)CC1CCCCC1(F)F. The maximum atomic E-state index is 13.8. The van der Waals surface area contributed by atoms with Crippen LogP contribution in [0.4, 0.5) is 8.78 Å². The highest BCUT2D eigenvalue weighted by Gasteiger charge is 2.44. The summed E-state index contributed by atoms with van der Waals surface area (Å²) in [6.45, 7) is 0. The van der Waals surface area contributed by atoms with Crippen LogP contribution in [0.1, 0.15) is 31.2 Å². The smallest absolute Gasteiger partial charge is 0.322 e. The number of nitrogens with one attached hydrogen (secondary N) is 1. The molecule has 5 nitrogen and oxygen atoms in total. The first-order valence-corrected chi connectivity index (χ1v) is 9.49. The van der Waals surface area contributed by atoms with Crippen LogP contribution >= 0.6 is 0 Å². The van der Waals surface area contributed by atoms with Crippen LogP contribution in [0.15, 0.2) is 30.3 Å². The summed E-state index contributed by atoms with van der Waals surface area (Å²) in [6.07, 6.45) is 0.700. The predicted molar refractivity (Wildman–Crippen MR) is 85.4 cm³/mol. The maximum absolute atomic E-state index is 13.8. The highest BCUT2D eigenvalue weighted by atomic mass is 32.2. The van der Waals surface area contributed by atoms with Gasteiger partial charge in [0.15, 0.2) is 0 Å². The molecule has 0 heterocycles. The number of alkyl halides is 2. The van der Waals surface area contributed by atoms with Gasteiger partial charge in [0.1, 0.15) is 6.04 Å². The van der Waals surface area contributed by atoms with E-state index in [1.807, 2.05) is 0 Å². The molecule has 2 N–H and O–H groups in total. The molecule has 1 fully saturated rings. The molecule has 0 saturated heterocycles. The van der Waals surface area contributed by atoms with Crippen LogP contribution in [-0.2, 0) is 21.2 Å². The lowest BCUT2D eigenvalue weighted by Gasteiger charge is -2.31. The van der Waals surface area contributed by atoms with Gasteiger partial charge in [0.25, 0.3) is 5.92 Å². The molecule has 0 amide bonds. The van der Waals surface area contributed by atoms with Gasteiger partial charge in [-0.05, 0) is 24.8 Å². The number of carboxylic acid groups (broad SMARTS) is 1. The van der Waals surface area contributed by atoms with E-state index in [2.05, 4.69) is 4.72 Å². The van der Waals surface area contributed by atoms with Gasteiger partial charge in [-0.1, -0.05) is 36.8 Å². The molecule has 1 aliphatic carbocycles. The molecule has 1 aromatic carbocycles. The Morgan fingerprint density at radius 2 is 1.96 bits per heavy atom. The van der Waals surface area contributed by atoms with Crippen molar-refractivity contribution in [3.05, 3.63) is 35.9 Å². The van der Waals surface area contributed by atoms with E-state index in [0.717, 1.165) is 0 Å². The lowest BCUT2D eigenvalue weighted by molar-refractivity contribution is -0.138. The first-order chi connectivity index (χ1) is 11.2. The first kappa shape index (κ1) is 18.8. The predicted octanol–water partition coefficient (Wildman–Crippen LogP) is 2.43. The Morgan fingerprint density at radius 1 is 1.29 bits per heavy atom. The highest BCUT2D eigenvalue weighted by molar-refractivity contribution is 7.89. The van der Waals surface area contributed by atoms with E-state index in [1.165, 1.54) is 0 Å². The van der Waals surface area contributed by atoms with Crippen molar-refractivity contribution in [2.24, 2.45) is 5.92 Å². The molecule has 24 heavy (non-hydrogen) atoms. The molecule has 0 bridgehead atoms. The van der Waals surface area contributed by atoms with E-state index in [9.17, 15) is 27.1 Å². The molecular formula is C16H21F2NO4S. The Kier molecular flexibility index (Phi) is 5.92. The average molecular weight is 361 g/mol. The summed E-state index contributed by atoms with van der Waals surface area (Å²) >= 11 is 0. The number of benzene rings is 1. The van der Waals surface area contributed by atoms with Crippen molar-refractivity contribution in [1.82, 2.24) is 4.72 Å². The van der Waals surface area contributed by atoms with Gasteiger partial charge in [-0.25, -0.2) is 21.9 Å². The van der Waals surface area contributed by atoms with Crippen LogP contribution < -0.4 is 4.72 Å². The molecule has 0 aromatic heterocycles. The molecule has 2 atom stereocenters. The number of carboxylic acids is 1. The molecule has 1 unspecified atom stereocenters.